The first-order valence-corrected chi connectivity index (χ1v) is 24.4. The van der Waals surface area contributed by atoms with Gasteiger partial charge >= 0.3 is 0 Å². The van der Waals surface area contributed by atoms with Crippen molar-refractivity contribution in [3.63, 3.8) is 0 Å². The number of amides is 3. The van der Waals surface area contributed by atoms with Crippen molar-refractivity contribution in [2.24, 2.45) is 0 Å². The monoisotopic (exact) mass is 1110 g/mol. The van der Waals surface area contributed by atoms with Gasteiger partial charge in [0.25, 0.3) is 0 Å². The quantitative estimate of drug-likeness (QED) is 0.0571. The lowest BCUT2D eigenvalue weighted by atomic mass is 9.92. The molecule has 0 aliphatic carbocycles. The minimum Gasteiger partial charge on any atom is -0.394 e. The molecule has 18 unspecified atom stereocenters. The first-order chi connectivity index (χ1) is 35.9. The number of hydrogen-bond acceptors (Lipinski definition) is 30. The van der Waals surface area contributed by atoms with Crippen LogP contribution in [-0.4, -0.2) is 323 Å². The second-order valence-electron chi connectivity index (χ2n) is 19.3. The van der Waals surface area contributed by atoms with Gasteiger partial charge in [-0.05, 0) is 6.92 Å². The van der Waals surface area contributed by atoms with Crippen LogP contribution >= 0.6 is 0 Å². The van der Waals surface area contributed by atoms with Crippen LogP contribution in [0.2, 0.25) is 0 Å². The minimum absolute atomic E-state index is 0.542. The molecule has 6 rings (SSSR count). The maximum absolute atomic E-state index is 12.5. The summed E-state index contributed by atoms with van der Waals surface area (Å²) in [6.07, 6.45) is -48.2. The highest BCUT2D eigenvalue weighted by Crippen LogP contribution is 2.36. The van der Waals surface area contributed by atoms with E-state index in [1.807, 2.05) is 0 Å². The molecule has 76 heavy (non-hydrogen) atoms. The molecule has 33 heteroatoms. The van der Waals surface area contributed by atoms with Crippen LogP contribution in [0.25, 0.3) is 0 Å². The Kier molecular flexibility index (Phi) is 22.4. The normalized spacial score (nSPS) is 48.2. The highest BCUT2D eigenvalue weighted by Gasteiger charge is 2.57. The number of aliphatic hydroxyl groups excluding tert-OH is 16. The molecule has 0 aromatic carbocycles. The second kappa shape index (κ2) is 27.2. The van der Waals surface area contributed by atoms with E-state index in [0.717, 1.165) is 13.8 Å². The Labute approximate surface area is 432 Å². The van der Waals surface area contributed by atoms with Gasteiger partial charge in [0.15, 0.2) is 31.5 Å². The average Bonchev–Trinajstić information content (AvgIpc) is 3.38. The van der Waals surface area contributed by atoms with Crippen molar-refractivity contribution >= 4 is 17.7 Å². The summed E-state index contributed by atoms with van der Waals surface area (Å²) in [6, 6.07) is -4.42. The Morgan fingerprint density at radius 2 is 0.671 bits per heavy atom. The highest BCUT2D eigenvalue weighted by molar-refractivity contribution is 5.74. The van der Waals surface area contributed by atoms with Gasteiger partial charge in [0, 0.05) is 20.8 Å². The van der Waals surface area contributed by atoms with Gasteiger partial charge in [0.2, 0.25) is 17.7 Å². The summed E-state index contributed by atoms with van der Waals surface area (Å²) < 4.78 is 63.9. The van der Waals surface area contributed by atoms with Crippen molar-refractivity contribution in [3.05, 3.63) is 0 Å². The van der Waals surface area contributed by atoms with Crippen molar-refractivity contribution in [2.45, 2.75) is 212 Å². The predicted molar refractivity (Wildman–Crippen MR) is 237 cm³/mol. The third-order valence-electron chi connectivity index (χ3n) is 13.9. The molecule has 0 spiro atoms. The Morgan fingerprint density at radius 1 is 0.355 bits per heavy atom. The van der Waals surface area contributed by atoms with Crippen LogP contribution in [0.4, 0.5) is 0 Å². The van der Waals surface area contributed by atoms with E-state index in [4.69, 9.17) is 52.1 Å². The van der Waals surface area contributed by atoms with Crippen LogP contribution < -0.4 is 16.0 Å². The fourth-order valence-corrected chi connectivity index (χ4v) is 9.86. The summed E-state index contributed by atoms with van der Waals surface area (Å²) in [7, 11) is 0. The molecule has 6 saturated heterocycles. The summed E-state index contributed by atoms with van der Waals surface area (Å²) >= 11 is 0. The van der Waals surface area contributed by atoms with Crippen molar-refractivity contribution in [3.8, 4) is 0 Å². The van der Waals surface area contributed by atoms with Gasteiger partial charge in [-0.15, -0.1) is 0 Å². The third-order valence-corrected chi connectivity index (χ3v) is 13.9. The number of carbonyl (C=O) groups is 3. The fraction of sp³-hybridized carbons (Fsp3) is 0.930. The number of nitrogens with one attached hydrogen (secondary N) is 3. The molecule has 6 heterocycles. The van der Waals surface area contributed by atoms with E-state index < -0.39 is 241 Å². The van der Waals surface area contributed by atoms with E-state index in [0.29, 0.717) is 0 Å². The topological polar surface area (TPSA) is 513 Å². The lowest BCUT2D eigenvalue weighted by Crippen LogP contribution is -2.70. The van der Waals surface area contributed by atoms with Gasteiger partial charge in [0.05, 0.1) is 51.8 Å². The second-order valence-corrected chi connectivity index (χ2v) is 19.3. The van der Waals surface area contributed by atoms with Gasteiger partial charge in [-0.25, -0.2) is 0 Å². The van der Waals surface area contributed by atoms with Crippen LogP contribution in [-0.2, 0) is 66.5 Å². The molecule has 0 aromatic rings. The molecular weight excluding hydrogens is 1040 g/mol. The largest absolute Gasteiger partial charge is 0.394 e. The van der Waals surface area contributed by atoms with Crippen LogP contribution in [0.1, 0.15) is 27.7 Å². The van der Waals surface area contributed by atoms with Crippen molar-refractivity contribution in [2.75, 3.05) is 39.6 Å². The van der Waals surface area contributed by atoms with Crippen LogP contribution in [0.5, 0.6) is 0 Å². The molecule has 6 fully saturated rings. The zero-order valence-corrected chi connectivity index (χ0v) is 41.4. The Balaban J connectivity index is 1.19. The molecule has 6 aliphatic heterocycles. The molecule has 6 aliphatic rings. The zero-order chi connectivity index (χ0) is 56.2. The third kappa shape index (κ3) is 13.7. The van der Waals surface area contributed by atoms with E-state index >= 15 is 0 Å². The van der Waals surface area contributed by atoms with Crippen molar-refractivity contribution in [1.29, 1.82) is 0 Å². The molecule has 19 N–H and O–H groups in total. The van der Waals surface area contributed by atoms with E-state index in [-0.39, 0.29) is 0 Å². The molecule has 0 bridgehead atoms. The molecule has 0 aromatic heterocycles. The molecule has 3 amide bonds. The summed E-state index contributed by atoms with van der Waals surface area (Å²) in [6.45, 7) is -0.577. The van der Waals surface area contributed by atoms with E-state index in [1.165, 1.54) is 13.8 Å². The predicted octanol–water partition coefficient (Wildman–Crippen LogP) is -12.6. The Hall–Kier alpha value is -2.67. The summed E-state index contributed by atoms with van der Waals surface area (Å²) in [5.41, 5.74) is 0. The van der Waals surface area contributed by atoms with Gasteiger partial charge in [0.1, 0.15) is 140 Å². The summed E-state index contributed by atoms with van der Waals surface area (Å²) in [5.74, 6) is -2.13. The smallest absolute Gasteiger partial charge is 0.217 e. The van der Waals surface area contributed by atoms with Gasteiger partial charge in [-0.1, -0.05) is 0 Å². The Morgan fingerprint density at radius 3 is 1.09 bits per heavy atom. The van der Waals surface area contributed by atoms with Crippen molar-refractivity contribution in [1.82, 2.24) is 16.0 Å². The van der Waals surface area contributed by atoms with Crippen LogP contribution in [0.3, 0.4) is 0 Å². The number of rotatable bonds is 19. The molecular formula is C43H73N3O30. The SMILES string of the molecule is CC(=O)NC1C(O)[C@H](O[C@@H]2OC(CO[C@H]3OC(CO)[C@@H](O)C(O)C3O[C@@H]3OC(CO)[C@@H](O[C@@H]4OC(CO)[C@H](O)C(O)C4O)C(O)C3NC(C)=O)[C@@H](O)C(O)C2O)C(CO)O[C@H]1O[C@@H]1C(CO)O[C@@H](C)C(NC(C)=O)C1O. The van der Waals surface area contributed by atoms with E-state index in [9.17, 15) is 96.1 Å². The maximum Gasteiger partial charge on any atom is 0.217 e. The minimum atomic E-state index is -2.13. The number of ether oxygens (including phenoxy) is 11. The van der Waals surface area contributed by atoms with Crippen molar-refractivity contribution < 1.29 is 148 Å². The number of hydrogen-bond donors (Lipinski definition) is 19. The molecule has 440 valence electrons. The number of carbonyl (C=O) groups excluding carboxylic acids is 3. The van der Waals surface area contributed by atoms with Crippen LogP contribution in [0, 0.1) is 0 Å². The van der Waals surface area contributed by atoms with Gasteiger partial charge in [-0.3, -0.25) is 14.4 Å². The van der Waals surface area contributed by atoms with Gasteiger partial charge in [-0.2, -0.15) is 0 Å². The number of aliphatic hydroxyl groups is 16. The van der Waals surface area contributed by atoms with Gasteiger partial charge < -0.3 is 150 Å². The summed E-state index contributed by atoms with van der Waals surface area (Å²) in [5, 5.41) is 179. The molecule has 30 atom stereocenters. The van der Waals surface area contributed by atoms with Crippen LogP contribution in [0.15, 0.2) is 0 Å². The molecule has 0 radical (unpaired) electrons. The lowest BCUT2D eigenvalue weighted by Gasteiger charge is -2.50. The molecule has 0 saturated carbocycles. The first kappa shape index (κ1) is 62.5. The maximum atomic E-state index is 12.5. The Bertz CT molecular complexity index is 1870. The first-order valence-electron chi connectivity index (χ1n) is 24.4. The lowest BCUT2D eigenvalue weighted by molar-refractivity contribution is -0.379. The fourth-order valence-electron chi connectivity index (χ4n) is 9.86. The highest BCUT2D eigenvalue weighted by atomic mass is 16.8. The summed E-state index contributed by atoms with van der Waals surface area (Å²) in [4.78, 5) is 36.9. The van der Waals surface area contributed by atoms with E-state index in [1.54, 1.807) is 0 Å². The zero-order valence-electron chi connectivity index (χ0n) is 41.4. The van der Waals surface area contributed by atoms with E-state index in [2.05, 4.69) is 16.0 Å². The standard InChI is InChI=1S/C43H73N3O30/c1-11-21(44-12(2)52)27(58)35(17(7-49)67-11)73-39-22(45-13(3)53)28(59)37(18(8-50)70-39)75-42-34(65)31(62)26(57)20(72-42)10-66-43-38(32(63)25(56)16(6-48)69-43)76-40-23(46-14(4)54)29(60)36(19(9-51)71-40)74-41-33(64)30(61)24(55)15(5-47)68-41/h11,15-43,47-51,55-65H,5-10H2,1-4H3,(H,44,52)(H,45,53)(H,46,54)/t11-,15?,16?,17?,18?,19?,20?,21?,22?,23?,24-,25+,26+,27?,28?,29?,30?,31?,32?,33?,34?,35+,36+,37+,38?,39-,40-,41-,42-,43-/m0/s1. The molecule has 33 nitrogen and oxygen atoms in total. The average molecular weight is 1110 g/mol.